The van der Waals surface area contributed by atoms with Crippen LogP contribution in [-0.4, -0.2) is 11.1 Å². The summed E-state index contributed by atoms with van der Waals surface area (Å²) in [7, 11) is 0. The predicted octanol–water partition coefficient (Wildman–Crippen LogP) is 3.61. The Balaban J connectivity index is 2.54. The number of furan rings is 1. The first-order valence-electron chi connectivity index (χ1n) is 4.68. The average molecular weight is 237 g/mol. The van der Waals surface area contributed by atoms with Crippen molar-refractivity contribution < 1.29 is 14.3 Å². The van der Waals surface area contributed by atoms with E-state index < -0.39 is 5.97 Å². The van der Waals surface area contributed by atoms with E-state index >= 15 is 0 Å². The van der Waals surface area contributed by atoms with Gasteiger partial charge in [0.2, 0.25) is 0 Å². The van der Waals surface area contributed by atoms with E-state index in [-0.39, 0.29) is 5.56 Å². The molecule has 0 saturated carbocycles. The summed E-state index contributed by atoms with van der Waals surface area (Å²) in [5.41, 5.74) is 0.856. The number of carboxylic acids is 1. The van der Waals surface area contributed by atoms with Gasteiger partial charge in [-0.15, -0.1) is 0 Å². The number of aromatic carboxylic acids is 1. The zero-order valence-electron chi connectivity index (χ0n) is 8.53. The molecule has 2 aromatic rings. The first-order valence-corrected chi connectivity index (χ1v) is 5.06. The highest BCUT2D eigenvalue weighted by molar-refractivity contribution is 6.33. The van der Waals surface area contributed by atoms with E-state index in [1.165, 1.54) is 6.07 Å². The summed E-state index contributed by atoms with van der Waals surface area (Å²) in [4.78, 5) is 10.9. The molecule has 0 aliphatic heterocycles. The highest BCUT2D eigenvalue weighted by Gasteiger charge is 2.15. The first kappa shape index (κ1) is 10.8. The highest BCUT2D eigenvalue weighted by Crippen LogP contribution is 2.30. The number of carbonyl (C=O) groups is 1. The van der Waals surface area contributed by atoms with E-state index in [0.29, 0.717) is 22.1 Å². The fourth-order valence-corrected chi connectivity index (χ4v) is 1.72. The van der Waals surface area contributed by atoms with E-state index in [1.807, 2.05) is 6.07 Å². The Labute approximate surface area is 97.3 Å². The molecule has 2 rings (SSSR count). The van der Waals surface area contributed by atoms with Gasteiger partial charge in [-0.3, -0.25) is 0 Å². The molecule has 0 aliphatic carbocycles. The lowest BCUT2D eigenvalue weighted by molar-refractivity contribution is 0.0695. The monoisotopic (exact) mass is 236 g/mol. The second-order valence-corrected chi connectivity index (χ2v) is 3.77. The van der Waals surface area contributed by atoms with Crippen LogP contribution in [-0.2, 0) is 0 Å². The molecular weight excluding hydrogens is 228 g/mol. The summed E-state index contributed by atoms with van der Waals surface area (Å²) in [6.07, 6.45) is 0. The van der Waals surface area contributed by atoms with E-state index in [2.05, 4.69) is 0 Å². The minimum absolute atomic E-state index is 0.162. The third-order valence-corrected chi connectivity index (χ3v) is 2.62. The number of hydrogen-bond acceptors (Lipinski definition) is 2. The van der Waals surface area contributed by atoms with Crippen molar-refractivity contribution >= 4 is 17.6 Å². The lowest BCUT2D eigenvalue weighted by atomic mass is 10.1. The summed E-state index contributed by atoms with van der Waals surface area (Å²) in [6, 6.07) is 8.62. The molecule has 0 bridgehead atoms. The lowest BCUT2D eigenvalue weighted by Crippen LogP contribution is -1.94. The standard InChI is InChI=1S/C12H9ClO3/c1-7-9(12(14)15)6-11(16-7)8-4-2-3-5-10(8)13/h2-6H,1H3,(H,14,15). The van der Waals surface area contributed by atoms with Gasteiger partial charge in [0.05, 0.1) is 5.02 Å². The molecule has 0 radical (unpaired) electrons. The van der Waals surface area contributed by atoms with Crippen molar-refractivity contribution in [3.63, 3.8) is 0 Å². The molecule has 0 atom stereocenters. The molecule has 1 heterocycles. The van der Waals surface area contributed by atoms with Crippen LogP contribution in [0.3, 0.4) is 0 Å². The molecule has 82 valence electrons. The number of carboxylic acid groups (broad SMARTS) is 1. The highest BCUT2D eigenvalue weighted by atomic mass is 35.5. The third kappa shape index (κ3) is 1.82. The molecule has 4 heteroatoms. The molecule has 1 N–H and O–H groups in total. The number of hydrogen-bond donors (Lipinski definition) is 1. The molecule has 0 unspecified atom stereocenters. The second kappa shape index (κ2) is 4.02. The third-order valence-electron chi connectivity index (χ3n) is 2.29. The number of aryl methyl sites for hydroxylation is 1. The average Bonchev–Trinajstić information content (AvgIpc) is 2.61. The molecule has 0 saturated heterocycles. The van der Waals surface area contributed by atoms with Crippen molar-refractivity contribution in [1.29, 1.82) is 0 Å². The summed E-state index contributed by atoms with van der Waals surface area (Å²) >= 11 is 5.99. The Bertz CT molecular complexity index is 543. The number of rotatable bonds is 2. The first-order chi connectivity index (χ1) is 7.59. The predicted molar refractivity (Wildman–Crippen MR) is 60.9 cm³/mol. The topological polar surface area (TPSA) is 50.4 Å². The van der Waals surface area contributed by atoms with Crippen molar-refractivity contribution in [1.82, 2.24) is 0 Å². The van der Waals surface area contributed by atoms with Crippen LogP contribution in [0.5, 0.6) is 0 Å². The second-order valence-electron chi connectivity index (χ2n) is 3.37. The van der Waals surface area contributed by atoms with Gasteiger partial charge in [0.15, 0.2) is 0 Å². The summed E-state index contributed by atoms with van der Waals surface area (Å²) in [6.45, 7) is 1.61. The largest absolute Gasteiger partial charge is 0.478 e. The lowest BCUT2D eigenvalue weighted by Gasteiger charge is -1.98. The van der Waals surface area contributed by atoms with E-state index in [9.17, 15) is 4.79 Å². The van der Waals surface area contributed by atoms with Crippen molar-refractivity contribution in [2.75, 3.05) is 0 Å². The van der Waals surface area contributed by atoms with Crippen LogP contribution >= 0.6 is 11.6 Å². The zero-order valence-corrected chi connectivity index (χ0v) is 9.28. The maximum Gasteiger partial charge on any atom is 0.339 e. The van der Waals surface area contributed by atoms with Crippen LogP contribution in [0.4, 0.5) is 0 Å². The van der Waals surface area contributed by atoms with Gasteiger partial charge in [0, 0.05) is 5.56 Å². The van der Waals surface area contributed by atoms with Crippen LogP contribution in [0.2, 0.25) is 5.02 Å². The SMILES string of the molecule is Cc1oc(-c2ccccc2Cl)cc1C(=O)O. The van der Waals surface area contributed by atoms with Gasteiger partial charge >= 0.3 is 5.97 Å². The van der Waals surface area contributed by atoms with Crippen LogP contribution in [0.15, 0.2) is 34.7 Å². The molecule has 1 aromatic carbocycles. The summed E-state index contributed by atoms with van der Waals surface area (Å²) < 4.78 is 5.38. The fraction of sp³-hybridized carbons (Fsp3) is 0.0833. The molecule has 0 fully saturated rings. The fourth-order valence-electron chi connectivity index (χ4n) is 1.49. The van der Waals surface area contributed by atoms with Crippen molar-refractivity contribution in [2.45, 2.75) is 6.92 Å². The molecule has 0 amide bonds. The Hall–Kier alpha value is -1.74. The Kier molecular flexibility index (Phi) is 2.71. The van der Waals surface area contributed by atoms with Crippen molar-refractivity contribution in [3.05, 3.63) is 46.7 Å². The minimum Gasteiger partial charge on any atom is -0.478 e. The van der Waals surface area contributed by atoms with Crippen LogP contribution in [0.25, 0.3) is 11.3 Å². The number of halogens is 1. The van der Waals surface area contributed by atoms with Gasteiger partial charge in [-0.1, -0.05) is 23.7 Å². The Morgan fingerprint density at radius 3 is 2.62 bits per heavy atom. The molecule has 0 spiro atoms. The quantitative estimate of drug-likeness (QED) is 0.867. The molecule has 0 aliphatic rings. The zero-order chi connectivity index (χ0) is 11.7. The maximum absolute atomic E-state index is 10.9. The van der Waals surface area contributed by atoms with Gasteiger partial charge in [-0.2, -0.15) is 0 Å². The molecular formula is C12H9ClO3. The minimum atomic E-state index is -1.00. The van der Waals surface area contributed by atoms with Crippen molar-refractivity contribution in [3.8, 4) is 11.3 Å². The molecule has 16 heavy (non-hydrogen) atoms. The van der Waals surface area contributed by atoms with Crippen molar-refractivity contribution in [2.24, 2.45) is 0 Å². The smallest absolute Gasteiger partial charge is 0.339 e. The molecule has 3 nitrogen and oxygen atoms in total. The normalized spacial score (nSPS) is 10.4. The van der Waals surface area contributed by atoms with Crippen LogP contribution in [0.1, 0.15) is 16.1 Å². The van der Waals surface area contributed by atoms with Gasteiger partial charge < -0.3 is 9.52 Å². The van der Waals surface area contributed by atoms with E-state index in [4.69, 9.17) is 21.1 Å². The van der Waals surface area contributed by atoms with E-state index in [0.717, 1.165) is 0 Å². The van der Waals surface area contributed by atoms with Gasteiger partial charge in [-0.25, -0.2) is 4.79 Å². The number of benzene rings is 1. The Morgan fingerprint density at radius 2 is 2.06 bits per heavy atom. The van der Waals surface area contributed by atoms with Gasteiger partial charge in [0.1, 0.15) is 17.1 Å². The Morgan fingerprint density at radius 1 is 1.38 bits per heavy atom. The van der Waals surface area contributed by atoms with Crippen LogP contribution in [0, 0.1) is 6.92 Å². The van der Waals surface area contributed by atoms with E-state index in [1.54, 1.807) is 25.1 Å². The van der Waals surface area contributed by atoms with Gasteiger partial charge in [-0.05, 0) is 25.1 Å². The maximum atomic E-state index is 10.9. The molecule has 1 aromatic heterocycles. The van der Waals surface area contributed by atoms with Crippen LogP contribution < -0.4 is 0 Å². The summed E-state index contributed by atoms with van der Waals surface area (Å²) in [5.74, 6) is -0.150. The van der Waals surface area contributed by atoms with Gasteiger partial charge in [0.25, 0.3) is 0 Å². The summed E-state index contributed by atoms with van der Waals surface area (Å²) in [5, 5.41) is 9.44.